The van der Waals surface area contributed by atoms with Crippen LogP contribution in [0.25, 0.3) is 0 Å². The Morgan fingerprint density at radius 1 is 0.750 bits per heavy atom. The van der Waals surface area contributed by atoms with Gasteiger partial charge in [0.1, 0.15) is 11.5 Å². The number of carboxylic acid groups (broad SMARTS) is 2. The maximum Gasteiger partial charge on any atom is 1.00 e. The largest absolute Gasteiger partial charge is 1.00 e. The summed E-state index contributed by atoms with van der Waals surface area (Å²) in [5.74, 6) is -0.461. The zero-order valence-corrected chi connectivity index (χ0v) is 23.7. The molecule has 28 heavy (non-hydrogen) atoms. The predicted octanol–water partition coefficient (Wildman–Crippen LogP) is -3.42. The first-order valence-electron chi connectivity index (χ1n) is 6.17. The predicted molar refractivity (Wildman–Crippen MR) is 92.4 cm³/mol. The molecule has 0 aromatic heterocycles. The van der Waals surface area contributed by atoms with Gasteiger partial charge < -0.3 is 25.2 Å². The third-order valence-electron chi connectivity index (χ3n) is 2.37. The Morgan fingerprint density at radius 3 is 1.21 bits per heavy atom. The van der Waals surface area contributed by atoms with E-state index in [2.05, 4.69) is 0 Å². The number of benzene rings is 2. The fraction of sp³-hybridized carbons (Fsp3) is 0. The topological polar surface area (TPSA) is 138 Å². The number of carbonyl (C=O) groups is 3. The maximum absolute atomic E-state index is 10.3. The molecule has 0 atom stereocenters. The molecule has 0 amide bonds. The molecule has 0 aliphatic heterocycles. The normalized spacial score (nSPS) is 8.43. The molecule has 13 heteroatoms. The molecule has 0 radical (unpaired) electrons. The van der Waals surface area contributed by atoms with Gasteiger partial charge in [0.25, 0.3) is 0 Å². The number of hydrogen-bond donors (Lipinski definition) is 2. The number of hydrogen-bond acceptors (Lipinski definition) is 7. The fourth-order valence-electron chi connectivity index (χ4n) is 1.35. The molecule has 0 saturated heterocycles. The smallest absolute Gasteiger partial charge is 0.652 e. The first kappa shape index (κ1) is 33.7. The van der Waals surface area contributed by atoms with Gasteiger partial charge in [0.15, 0.2) is 12.6 Å². The van der Waals surface area contributed by atoms with Crippen molar-refractivity contribution in [2.45, 2.75) is 0 Å². The summed E-state index contributed by atoms with van der Waals surface area (Å²) < 4.78 is 0. The third kappa shape index (κ3) is 13.4. The summed E-state index contributed by atoms with van der Waals surface area (Å²) >= 11 is 22.1. The molecule has 0 fully saturated rings. The molecule has 2 aromatic rings. The molecule has 0 spiro atoms. The third-order valence-corrected chi connectivity index (χ3v) is 3.38. The second kappa shape index (κ2) is 17.7. The van der Waals surface area contributed by atoms with Gasteiger partial charge >= 0.3 is 103 Å². The Hall–Kier alpha value is 1.08. The van der Waals surface area contributed by atoms with Crippen LogP contribution in [0.4, 0.5) is 4.79 Å². The Balaban J connectivity index is -0.000000355. The van der Waals surface area contributed by atoms with Crippen molar-refractivity contribution in [2.24, 2.45) is 0 Å². The average molecular weight is 520 g/mol. The summed E-state index contributed by atoms with van der Waals surface area (Å²) in [6.45, 7) is 0. The van der Waals surface area contributed by atoms with E-state index in [0.29, 0.717) is 22.6 Å². The maximum atomic E-state index is 10.3. The molecule has 0 aliphatic carbocycles. The zero-order chi connectivity index (χ0) is 20.4. The number of halogens is 4. The second-order valence-electron chi connectivity index (χ2n) is 4.14. The SMILES string of the molecule is O=C([O-])[O-].O=Cc1cc(Cl)cc(Cl)c1O.O=Cc1cc(Cl)cc(Cl)c1O.[K+].[K+]. The van der Waals surface area contributed by atoms with Gasteiger partial charge in [-0.2, -0.15) is 0 Å². The Bertz CT molecular complexity index is 754. The molecule has 0 bridgehead atoms. The summed E-state index contributed by atoms with van der Waals surface area (Å²) in [5.41, 5.74) is 0.199. The van der Waals surface area contributed by atoms with Crippen LogP contribution in [-0.4, -0.2) is 28.9 Å². The van der Waals surface area contributed by atoms with Crippen LogP contribution in [0.5, 0.6) is 11.5 Å². The van der Waals surface area contributed by atoms with Gasteiger partial charge in [0.05, 0.1) is 21.2 Å². The molecule has 2 N–H and O–H groups in total. The van der Waals surface area contributed by atoms with Crippen LogP contribution >= 0.6 is 46.4 Å². The van der Waals surface area contributed by atoms with E-state index in [1.807, 2.05) is 0 Å². The monoisotopic (exact) mass is 518 g/mol. The van der Waals surface area contributed by atoms with Gasteiger partial charge in [-0.05, 0) is 30.4 Å². The molecule has 2 aromatic carbocycles. The molecule has 0 heterocycles. The number of rotatable bonds is 2. The quantitative estimate of drug-likeness (QED) is 0.311. The Morgan fingerprint density at radius 2 is 1.00 bits per heavy atom. The van der Waals surface area contributed by atoms with E-state index >= 15 is 0 Å². The van der Waals surface area contributed by atoms with Crippen molar-refractivity contribution in [1.29, 1.82) is 0 Å². The minimum Gasteiger partial charge on any atom is -0.652 e. The van der Waals surface area contributed by atoms with E-state index in [9.17, 15) is 9.59 Å². The molecule has 0 unspecified atom stereocenters. The van der Waals surface area contributed by atoms with Crippen LogP contribution < -0.4 is 113 Å². The van der Waals surface area contributed by atoms with E-state index in [4.69, 9.17) is 71.6 Å². The van der Waals surface area contributed by atoms with E-state index in [0.717, 1.165) is 0 Å². The summed E-state index contributed by atoms with van der Waals surface area (Å²) in [6, 6.07) is 5.42. The van der Waals surface area contributed by atoms with E-state index in [1.165, 1.54) is 24.3 Å². The van der Waals surface area contributed by atoms with Crippen LogP contribution in [0, 0.1) is 0 Å². The fourth-order valence-corrected chi connectivity index (χ4v) is 2.37. The minimum absolute atomic E-state index is 0. The number of carbonyl (C=O) groups excluding carboxylic acids is 3. The molecule has 140 valence electrons. The van der Waals surface area contributed by atoms with Gasteiger partial charge in [-0.15, -0.1) is 0 Å². The van der Waals surface area contributed by atoms with E-state index in [-0.39, 0.29) is 135 Å². The molecular formula is C15H8Cl4K2O7. The first-order chi connectivity index (χ1) is 12.0. The summed E-state index contributed by atoms with van der Waals surface area (Å²) in [5, 5.41) is 35.7. The van der Waals surface area contributed by atoms with E-state index < -0.39 is 6.16 Å². The van der Waals surface area contributed by atoms with Crippen LogP contribution in [0.2, 0.25) is 20.1 Å². The van der Waals surface area contributed by atoms with Gasteiger partial charge in [-0.25, -0.2) is 0 Å². The molecule has 2 rings (SSSR count). The summed E-state index contributed by atoms with van der Waals surface area (Å²) in [4.78, 5) is 28.8. The van der Waals surface area contributed by atoms with Crippen LogP contribution in [0.15, 0.2) is 24.3 Å². The average Bonchev–Trinajstić information content (AvgIpc) is 2.54. The second-order valence-corrected chi connectivity index (χ2v) is 5.82. The van der Waals surface area contributed by atoms with Crippen LogP contribution in [0.3, 0.4) is 0 Å². The van der Waals surface area contributed by atoms with Crippen LogP contribution in [-0.2, 0) is 0 Å². The van der Waals surface area contributed by atoms with Crippen LogP contribution in [0.1, 0.15) is 20.7 Å². The van der Waals surface area contributed by atoms with Crippen molar-refractivity contribution < 1.29 is 138 Å². The van der Waals surface area contributed by atoms with Gasteiger partial charge in [-0.1, -0.05) is 46.4 Å². The van der Waals surface area contributed by atoms with Crippen molar-refractivity contribution in [3.8, 4) is 11.5 Å². The first-order valence-corrected chi connectivity index (χ1v) is 7.69. The Kier molecular flexibility index (Phi) is 21.4. The standard InChI is InChI=1S/2C7H4Cl2O2.CH2O3.2K/c2*8-5-1-4(3-10)7(11)6(9)2-5;2-1(3)4;;/h2*1-3,11H;(H2,2,3,4);;/q;;;2*+1/p-2. The molecule has 0 saturated carbocycles. The van der Waals surface area contributed by atoms with Crippen molar-refractivity contribution in [1.82, 2.24) is 0 Å². The number of phenolic OH excluding ortho intramolecular Hbond substituents is 2. The number of phenols is 2. The van der Waals surface area contributed by atoms with Crippen molar-refractivity contribution in [2.75, 3.05) is 0 Å². The summed E-state index contributed by atoms with van der Waals surface area (Å²) in [7, 11) is 0. The molecular weight excluding hydrogens is 512 g/mol. The zero-order valence-electron chi connectivity index (χ0n) is 14.4. The van der Waals surface area contributed by atoms with E-state index in [1.54, 1.807) is 0 Å². The van der Waals surface area contributed by atoms with Crippen molar-refractivity contribution in [3.63, 3.8) is 0 Å². The number of aldehydes is 2. The van der Waals surface area contributed by atoms with Crippen molar-refractivity contribution in [3.05, 3.63) is 55.5 Å². The Labute approximate surface area is 264 Å². The summed E-state index contributed by atoms with van der Waals surface area (Å²) in [6.07, 6.45) is -1.35. The van der Waals surface area contributed by atoms with Gasteiger partial charge in [0, 0.05) is 10.0 Å². The minimum atomic E-state index is -2.33. The van der Waals surface area contributed by atoms with Crippen molar-refractivity contribution >= 4 is 65.1 Å². The van der Waals surface area contributed by atoms with Gasteiger partial charge in [0.2, 0.25) is 0 Å². The molecule has 7 nitrogen and oxygen atoms in total. The molecule has 0 aliphatic rings. The number of aromatic hydroxyl groups is 2. The van der Waals surface area contributed by atoms with Gasteiger partial charge in [-0.3, -0.25) is 9.59 Å².